The first-order valence-electron chi connectivity index (χ1n) is 12.9. The highest BCUT2D eigenvalue weighted by atomic mass is 16.5. The number of carbonyl (C=O) groups excluding carboxylic acids is 2. The van der Waals surface area contributed by atoms with Gasteiger partial charge in [0.2, 0.25) is 11.8 Å². The molecule has 0 aromatic heterocycles. The minimum atomic E-state index is -0.362. The van der Waals surface area contributed by atoms with Crippen molar-refractivity contribution in [3.05, 3.63) is 59.2 Å². The lowest BCUT2D eigenvalue weighted by Crippen LogP contribution is -2.63. The predicted octanol–water partition coefficient (Wildman–Crippen LogP) is 3.14. The third-order valence-corrected chi connectivity index (χ3v) is 7.96. The van der Waals surface area contributed by atoms with Crippen LogP contribution in [0.4, 0.5) is 5.69 Å². The molecule has 0 N–H and O–H groups in total. The normalized spacial score (nSPS) is 22.9. The highest BCUT2D eigenvalue weighted by Crippen LogP contribution is 2.33. The van der Waals surface area contributed by atoms with Gasteiger partial charge >= 0.3 is 0 Å². The van der Waals surface area contributed by atoms with Crippen LogP contribution in [0.25, 0.3) is 0 Å². The van der Waals surface area contributed by atoms with Crippen LogP contribution in [0.3, 0.4) is 0 Å². The molecule has 3 heterocycles. The van der Waals surface area contributed by atoms with Crippen molar-refractivity contribution in [2.24, 2.45) is 0 Å². The van der Waals surface area contributed by atoms with Crippen LogP contribution in [0.15, 0.2) is 42.5 Å². The molecule has 0 radical (unpaired) electrons. The van der Waals surface area contributed by atoms with Gasteiger partial charge in [-0.1, -0.05) is 31.0 Å². The van der Waals surface area contributed by atoms with E-state index in [2.05, 4.69) is 35.2 Å². The van der Waals surface area contributed by atoms with Crippen molar-refractivity contribution in [2.75, 3.05) is 37.7 Å². The number of piperazine rings is 1. The maximum atomic E-state index is 13.3. The van der Waals surface area contributed by atoms with Gasteiger partial charge in [0.15, 0.2) is 0 Å². The Balaban J connectivity index is 1.13. The van der Waals surface area contributed by atoms with Gasteiger partial charge < -0.3 is 24.2 Å². The zero-order chi connectivity index (χ0) is 23.8. The number of benzene rings is 2. The molecule has 184 valence electrons. The molecule has 35 heavy (non-hydrogen) atoms. The lowest BCUT2D eigenvalue weighted by molar-refractivity contribution is -0.159. The summed E-state index contributed by atoms with van der Waals surface area (Å²) in [5.41, 5.74) is 4.54. The Kier molecular flexibility index (Phi) is 6.10. The smallest absolute Gasteiger partial charge is 0.246 e. The molecule has 7 heteroatoms. The summed E-state index contributed by atoms with van der Waals surface area (Å²) in [5, 5.41) is 0. The minimum Gasteiger partial charge on any atom is -0.489 e. The van der Waals surface area contributed by atoms with E-state index in [-0.39, 0.29) is 30.4 Å². The molecule has 3 fully saturated rings. The maximum Gasteiger partial charge on any atom is 0.246 e. The fraction of sp³-hybridized carbons (Fsp3) is 0.500. The van der Waals surface area contributed by atoms with E-state index in [1.165, 1.54) is 5.69 Å². The van der Waals surface area contributed by atoms with E-state index >= 15 is 0 Å². The molecule has 0 spiro atoms. The summed E-state index contributed by atoms with van der Waals surface area (Å²) >= 11 is 0. The first-order chi connectivity index (χ1) is 17.2. The number of hydrogen-bond donors (Lipinski definition) is 0. The highest BCUT2D eigenvalue weighted by molar-refractivity contribution is 5.95. The van der Waals surface area contributed by atoms with Crippen molar-refractivity contribution in [3.8, 4) is 5.75 Å². The van der Waals surface area contributed by atoms with Crippen molar-refractivity contribution >= 4 is 17.5 Å². The van der Waals surface area contributed by atoms with Crippen LogP contribution >= 0.6 is 0 Å². The molecular formula is C28H33N3O4. The second-order valence-electron chi connectivity index (χ2n) is 10.1. The zero-order valence-electron chi connectivity index (χ0n) is 20.2. The average Bonchev–Trinajstić information content (AvgIpc) is 3.44. The Bertz CT molecular complexity index is 1110. The molecule has 1 aliphatic carbocycles. The van der Waals surface area contributed by atoms with Gasteiger partial charge in [-0.2, -0.15) is 0 Å². The van der Waals surface area contributed by atoms with Gasteiger partial charge in [0.1, 0.15) is 24.9 Å². The van der Waals surface area contributed by atoms with Gasteiger partial charge in [-0.25, -0.2) is 0 Å². The molecule has 3 aliphatic heterocycles. The van der Waals surface area contributed by atoms with Crippen LogP contribution < -0.4 is 9.64 Å². The molecule has 0 bridgehead atoms. The third kappa shape index (κ3) is 4.49. The molecule has 2 amide bonds. The Labute approximate surface area is 206 Å². The molecule has 2 aromatic rings. The Morgan fingerprint density at radius 1 is 0.914 bits per heavy atom. The van der Waals surface area contributed by atoms with Crippen molar-refractivity contribution in [2.45, 2.75) is 57.3 Å². The first-order valence-corrected chi connectivity index (χ1v) is 12.9. The lowest BCUT2D eigenvalue weighted by atomic mass is 9.91. The van der Waals surface area contributed by atoms with Crippen LogP contribution in [0.2, 0.25) is 0 Å². The molecule has 2 saturated heterocycles. The number of amides is 2. The average molecular weight is 476 g/mol. The summed E-state index contributed by atoms with van der Waals surface area (Å²) in [6.07, 6.45) is 4.95. The van der Waals surface area contributed by atoms with Gasteiger partial charge in [-0.15, -0.1) is 0 Å². The fourth-order valence-corrected chi connectivity index (χ4v) is 6.00. The summed E-state index contributed by atoms with van der Waals surface area (Å²) < 4.78 is 11.6. The van der Waals surface area contributed by atoms with Gasteiger partial charge in [0, 0.05) is 37.8 Å². The number of morpholine rings is 1. The summed E-state index contributed by atoms with van der Waals surface area (Å²) in [7, 11) is 0. The molecule has 0 unspecified atom stereocenters. The number of hydrogen-bond acceptors (Lipinski definition) is 5. The van der Waals surface area contributed by atoms with Crippen LogP contribution in [0.5, 0.6) is 5.75 Å². The topological polar surface area (TPSA) is 62.3 Å². The van der Waals surface area contributed by atoms with E-state index in [0.29, 0.717) is 19.6 Å². The monoisotopic (exact) mass is 475 g/mol. The van der Waals surface area contributed by atoms with Gasteiger partial charge in [0.25, 0.3) is 0 Å². The largest absolute Gasteiger partial charge is 0.489 e. The van der Waals surface area contributed by atoms with Gasteiger partial charge in [-0.05, 0) is 53.8 Å². The number of ether oxygens (including phenoxy) is 2. The number of rotatable bonds is 5. The molecule has 1 atom stereocenters. The molecule has 4 aliphatic rings. The predicted molar refractivity (Wildman–Crippen MR) is 132 cm³/mol. The number of nitrogens with zero attached hydrogens (tertiary/aromatic N) is 3. The Hall–Kier alpha value is -3.06. The van der Waals surface area contributed by atoms with E-state index in [1.54, 1.807) is 4.90 Å². The standard InChI is InChI=1S/C28H33N3O4/c32-27-18-30(23-5-1-2-6-23)28(33)26-16-21-8-9-25(15-22(21)17-31(26)27)35-19-20-4-3-7-24(14-20)29-10-12-34-13-11-29/h3-4,7-9,14-15,23,26H,1-2,5-6,10-13,16-19H2/t26-/m1/s1. The molecule has 7 nitrogen and oxygen atoms in total. The lowest BCUT2D eigenvalue weighted by Gasteiger charge is -2.45. The number of carbonyl (C=O) groups is 2. The van der Waals surface area contributed by atoms with Crippen molar-refractivity contribution in [1.82, 2.24) is 9.80 Å². The summed E-state index contributed by atoms with van der Waals surface area (Å²) in [6, 6.07) is 14.5. The fourth-order valence-electron chi connectivity index (χ4n) is 6.00. The number of fused-ring (bicyclic) bond motifs is 2. The third-order valence-electron chi connectivity index (χ3n) is 7.96. The van der Waals surface area contributed by atoms with Crippen molar-refractivity contribution in [1.29, 1.82) is 0 Å². The molecular weight excluding hydrogens is 442 g/mol. The van der Waals surface area contributed by atoms with Crippen LogP contribution in [-0.2, 0) is 33.9 Å². The second kappa shape index (κ2) is 9.53. The first kappa shape index (κ1) is 22.4. The quantitative estimate of drug-likeness (QED) is 0.665. The summed E-state index contributed by atoms with van der Waals surface area (Å²) in [4.78, 5) is 32.3. The van der Waals surface area contributed by atoms with E-state index in [4.69, 9.17) is 9.47 Å². The highest BCUT2D eigenvalue weighted by Gasteiger charge is 2.44. The van der Waals surface area contributed by atoms with Crippen LogP contribution in [-0.4, -0.2) is 66.5 Å². The minimum absolute atomic E-state index is 0.0680. The maximum absolute atomic E-state index is 13.3. The number of anilines is 1. The second-order valence-corrected chi connectivity index (χ2v) is 10.1. The van der Waals surface area contributed by atoms with Crippen molar-refractivity contribution in [3.63, 3.8) is 0 Å². The van der Waals surface area contributed by atoms with Crippen molar-refractivity contribution < 1.29 is 19.1 Å². The molecule has 6 rings (SSSR count). The molecule has 2 aromatic carbocycles. The van der Waals surface area contributed by atoms with Gasteiger partial charge in [-0.3, -0.25) is 9.59 Å². The van der Waals surface area contributed by atoms with E-state index in [9.17, 15) is 9.59 Å². The SMILES string of the molecule is O=C1[C@H]2Cc3ccc(OCc4cccc(N5CCOCC5)c4)cc3CN2C(=O)CN1C1CCCC1. The summed E-state index contributed by atoms with van der Waals surface area (Å²) in [6.45, 7) is 4.54. The zero-order valence-corrected chi connectivity index (χ0v) is 20.2. The Morgan fingerprint density at radius 3 is 2.57 bits per heavy atom. The van der Waals surface area contributed by atoms with Crippen LogP contribution in [0.1, 0.15) is 42.4 Å². The summed E-state index contributed by atoms with van der Waals surface area (Å²) in [5.74, 6) is 0.989. The van der Waals surface area contributed by atoms with Crippen LogP contribution in [0, 0.1) is 0 Å². The van der Waals surface area contributed by atoms with Gasteiger partial charge in [0.05, 0.1) is 13.2 Å². The Morgan fingerprint density at radius 2 is 1.74 bits per heavy atom. The molecule has 1 saturated carbocycles. The van der Waals surface area contributed by atoms with E-state index < -0.39 is 0 Å². The van der Waals surface area contributed by atoms with E-state index in [1.807, 2.05) is 17.0 Å². The van der Waals surface area contributed by atoms with E-state index in [0.717, 1.165) is 74.4 Å².